The van der Waals surface area contributed by atoms with Crippen molar-refractivity contribution in [3.05, 3.63) is 0 Å². The fourth-order valence-electron chi connectivity index (χ4n) is 3.70. The Morgan fingerprint density at radius 2 is 1.56 bits per heavy atom. The lowest BCUT2D eigenvalue weighted by Gasteiger charge is -2.52. The summed E-state index contributed by atoms with van der Waals surface area (Å²) in [5, 5.41) is 0. The summed E-state index contributed by atoms with van der Waals surface area (Å²) in [6.07, 6.45) is 2.48. The molecule has 0 aromatic heterocycles. The summed E-state index contributed by atoms with van der Waals surface area (Å²) in [6.45, 7) is 14.6. The van der Waals surface area contributed by atoms with Gasteiger partial charge in [0, 0.05) is 16.1 Å². The quantitative estimate of drug-likeness (QED) is 0.714. The molecular weight excluding hydrogens is 244 g/mol. The minimum Gasteiger partial charge on any atom is -0.416 e. The van der Waals surface area contributed by atoms with E-state index >= 15 is 0 Å². The molecule has 96 valence electrons. The Morgan fingerprint density at radius 1 is 1.06 bits per heavy atom. The Morgan fingerprint density at radius 3 is 1.94 bits per heavy atom. The standard InChI is InChI=1S/C12H30OSi3/c1-7-12(8-2)11-16(9-3,10-4)14-15(5,6)13-12/h7-11,14H2,1-6H3. The van der Waals surface area contributed by atoms with Crippen LogP contribution in [0.1, 0.15) is 40.5 Å². The Hall–Kier alpha value is 0.611. The smallest absolute Gasteiger partial charge is 0.165 e. The minimum absolute atomic E-state index is 0.112. The maximum Gasteiger partial charge on any atom is 0.165 e. The van der Waals surface area contributed by atoms with Gasteiger partial charge in [0.25, 0.3) is 0 Å². The molecule has 0 aliphatic carbocycles. The van der Waals surface area contributed by atoms with Gasteiger partial charge in [0.2, 0.25) is 0 Å². The average molecular weight is 275 g/mol. The number of rotatable bonds is 4. The molecule has 0 aromatic rings. The second kappa shape index (κ2) is 5.08. The van der Waals surface area contributed by atoms with Gasteiger partial charge < -0.3 is 4.43 Å². The van der Waals surface area contributed by atoms with Crippen molar-refractivity contribution < 1.29 is 4.43 Å². The first kappa shape index (κ1) is 14.7. The van der Waals surface area contributed by atoms with E-state index in [-0.39, 0.29) is 8.55 Å². The fourth-order valence-corrected chi connectivity index (χ4v) is 43.1. The van der Waals surface area contributed by atoms with Crippen LogP contribution in [0.4, 0.5) is 0 Å². The molecule has 0 bridgehead atoms. The van der Waals surface area contributed by atoms with Gasteiger partial charge in [-0.1, -0.05) is 39.8 Å². The van der Waals surface area contributed by atoms with E-state index in [1.807, 2.05) is 0 Å². The maximum atomic E-state index is 6.65. The van der Waals surface area contributed by atoms with E-state index in [4.69, 9.17) is 4.43 Å². The van der Waals surface area contributed by atoms with Crippen molar-refractivity contribution >= 4 is 24.0 Å². The van der Waals surface area contributed by atoms with Crippen LogP contribution < -0.4 is 0 Å². The van der Waals surface area contributed by atoms with Crippen LogP contribution in [0.3, 0.4) is 0 Å². The summed E-state index contributed by atoms with van der Waals surface area (Å²) in [5.41, 5.74) is 0.291. The third kappa shape index (κ3) is 2.89. The summed E-state index contributed by atoms with van der Waals surface area (Å²) in [6, 6.07) is 4.54. The van der Waals surface area contributed by atoms with E-state index < -0.39 is 15.4 Å². The molecule has 0 spiro atoms. The molecule has 0 unspecified atom stereocenters. The van der Waals surface area contributed by atoms with Crippen molar-refractivity contribution in [2.45, 2.75) is 77.4 Å². The zero-order valence-electron chi connectivity index (χ0n) is 12.2. The molecule has 0 N–H and O–H groups in total. The predicted molar refractivity (Wildman–Crippen MR) is 81.9 cm³/mol. The highest BCUT2D eigenvalue weighted by molar-refractivity contribution is 7.52. The highest BCUT2D eigenvalue weighted by Crippen LogP contribution is 2.41. The van der Waals surface area contributed by atoms with E-state index in [0.29, 0.717) is 5.60 Å². The summed E-state index contributed by atoms with van der Waals surface area (Å²) >= 11 is 0. The molecule has 0 atom stereocenters. The minimum atomic E-state index is -1.24. The van der Waals surface area contributed by atoms with E-state index in [0.717, 1.165) is 0 Å². The predicted octanol–water partition coefficient (Wildman–Crippen LogP) is 3.43. The molecule has 1 rings (SSSR count). The molecule has 0 aromatic carbocycles. The highest BCUT2D eigenvalue weighted by Gasteiger charge is 2.51. The van der Waals surface area contributed by atoms with Crippen LogP contribution in [0, 0.1) is 0 Å². The van der Waals surface area contributed by atoms with Crippen molar-refractivity contribution in [2.24, 2.45) is 0 Å². The molecule has 0 amide bonds. The van der Waals surface area contributed by atoms with Crippen molar-refractivity contribution in [3.63, 3.8) is 0 Å². The van der Waals surface area contributed by atoms with Gasteiger partial charge in [-0.2, -0.15) is 0 Å². The van der Waals surface area contributed by atoms with Crippen LogP contribution in [0.5, 0.6) is 0 Å². The molecule has 1 fully saturated rings. The summed E-state index contributed by atoms with van der Waals surface area (Å²) in [4.78, 5) is 0. The van der Waals surface area contributed by atoms with Gasteiger partial charge in [-0.25, -0.2) is 0 Å². The summed E-state index contributed by atoms with van der Waals surface area (Å²) in [7, 11) is -2.00. The Kier molecular flexibility index (Phi) is 4.66. The van der Waals surface area contributed by atoms with Crippen LogP contribution in [-0.4, -0.2) is 29.6 Å². The van der Waals surface area contributed by atoms with E-state index in [9.17, 15) is 0 Å². The zero-order valence-corrected chi connectivity index (χ0v) is 15.6. The topological polar surface area (TPSA) is 9.23 Å². The lowest BCUT2D eigenvalue weighted by atomic mass is 10.0. The van der Waals surface area contributed by atoms with Crippen molar-refractivity contribution in [1.82, 2.24) is 0 Å². The van der Waals surface area contributed by atoms with Crippen LogP contribution in [0.25, 0.3) is 0 Å². The van der Waals surface area contributed by atoms with Gasteiger partial charge in [0.1, 0.15) is 0 Å². The van der Waals surface area contributed by atoms with E-state index in [1.165, 1.54) is 31.0 Å². The lowest BCUT2D eigenvalue weighted by Crippen LogP contribution is -2.66. The Bertz CT molecular complexity index is 210. The maximum absolute atomic E-state index is 6.65. The third-order valence-corrected chi connectivity index (χ3v) is 35.2. The largest absolute Gasteiger partial charge is 0.416 e. The zero-order chi connectivity index (χ0) is 12.4. The van der Waals surface area contributed by atoms with Gasteiger partial charge in [0.05, 0.1) is 5.60 Å². The van der Waals surface area contributed by atoms with Crippen molar-refractivity contribution in [1.29, 1.82) is 0 Å². The molecule has 0 saturated carbocycles. The van der Waals surface area contributed by atoms with Crippen LogP contribution >= 0.6 is 0 Å². The molecule has 1 heterocycles. The van der Waals surface area contributed by atoms with Crippen LogP contribution in [-0.2, 0) is 4.43 Å². The molecule has 1 saturated heterocycles. The van der Waals surface area contributed by atoms with Crippen molar-refractivity contribution in [2.75, 3.05) is 0 Å². The first-order valence-electron chi connectivity index (χ1n) is 7.07. The van der Waals surface area contributed by atoms with Crippen LogP contribution in [0.2, 0.25) is 31.2 Å². The average Bonchev–Trinajstić information content (AvgIpc) is 2.26. The normalized spacial score (nSPS) is 28.1. The molecule has 4 heteroatoms. The fraction of sp³-hybridized carbons (Fsp3) is 1.00. The van der Waals surface area contributed by atoms with E-state index in [1.54, 1.807) is 0 Å². The molecular formula is C12H30OSi3. The third-order valence-electron chi connectivity index (χ3n) is 4.78. The van der Waals surface area contributed by atoms with Gasteiger partial charge in [-0.15, -0.1) is 0 Å². The number of hydrogen-bond donors (Lipinski definition) is 0. The highest BCUT2D eigenvalue weighted by atomic mass is 29.6. The monoisotopic (exact) mass is 274 g/mol. The summed E-state index contributed by atoms with van der Waals surface area (Å²) < 4.78 is 6.65. The molecule has 1 aliphatic rings. The van der Waals surface area contributed by atoms with Crippen molar-refractivity contribution in [3.8, 4) is 0 Å². The second-order valence-corrected chi connectivity index (χ2v) is 29.0. The Balaban J connectivity index is 3.01. The van der Waals surface area contributed by atoms with Gasteiger partial charge in [-0.3, -0.25) is 0 Å². The molecule has 16 heavy (non-hydrogen) atoms. The van der Waals surface area contributed by atoms with Gasteiger partial charge in [0.15, 0.2) is 7.83 Å². The lowest BCUT2D eigenvalue weighted by molar-refractivity contribution is 0.0725. The van der Waals surface area contributed by atoms with Gasteiger partial charge >= 0.3 is 0 Å². The molecule has 0 radical (unpaired) electrons. The van der Waals surface area contributed by atoms with Gasteiger partial charge in [-0.05, 0) is 32.0 Å². The SMILES string of the molecule is CCC1(CC)C[Si](CC)(CC)[SiH2][Si](C)(C)O1. The van der Waals surface area contributed by atoms with E-state index in [2.05, 4.69) is 40.8 Å². The first-order valence-corrected chi connectivity index (χ1v) is 17.3. The molecule has 1 nitrogen and oxygen atoms in total. The Labute approximate surface area is 106 Å². The number of hydrogen-bond acceptors (Lipinski definition) is 1. The first-order chi connectivity index (χ1) is 7.36. The second-order valence-electron chi connectivity index (χ2n) is 6.31. The molecule has 1 aliphatic heterocycles. The van der Waals surface area contributed by atoms with Crippen LogP contribution in [0.15, 0.2) is 0 Å². The summed E-state index contributed by atoms with van der Waals surface area (Å²) in [5.74, 6) is 0.